The van der Waals surface area contributed by atoms with Gasteiger partial charge in [-0.05, 0) is 25.2 Å². The SMILES string of the molecule is COCCCNc1cc(N2CCCC(C)C2)nc(-c2ccccc2)n1. The van der Waals surface area contributed by atoms with Gasteiger partial charge in [-0.25, -0.2) is 9.97 Å². The molecule has 0 bridgehead atoms. The van der Waals surface area contributed by atoms with E-state index in [1.54, 1.807) is 7.11 Å². The van der Waals surface area contributed by atoms with Gasteiger partial charge in [-0.15, -0.1) is 0 Å². The molecule has 0 radical (unpaired) electrons. The van der Waals surface area contributed by atoms with E-state index in [0.717, 1.165) is 55.7 Å². The molecular formula is C20H28N4O. The van der Waals surface area contributed by atoms with E-state index in [-0.39, 0.29) is 0 Å². The first kappa shape index (κ1) is 17.7. The second-order valence-corrected chi connectivity index (χ2v) is 6.77. The van der Waals surface area contributed by atoms with Gasteiger partial charge in [-0.1, -0.05) is 37.3 Å². The molecule has 1 unspecified atom stereocenters. The maximum atomic E-state index is 5.12. The van der Waals surface area contributed by atoms with E-state index in [2.05, 4.69) is 35.3 Å². The standard InChI is InChI=1S/C20H28N4O/c1-16-8-6-12-24(15-16)19-14-18(21-11-7-13-25-2)22-20(23-19)17-9-4-3-5-10-17/h3-5,9-10,14,16H,6-8,11-13,15H2,1-2H3,(H,21,22,23). The highest BCUT2D eigenvalue weighted by Gasteiger charge is 2.19. The Balaban J connectivity index is 1.85. The van der Waals surface area contributed by atoms with Gasteiger partial charge in [-0.2, -0.15) is 0 Å². The number of hydrogen-bond acceptors (Lipinski definition) is 5. The van der Waals surface area contributed by atoms with Gasteiger partial charge in [0.15, 0.2) is 5.82 Å². The van der Waals surface area contributed by atoms with Crippen LogP contribution in [0.1, 0.15) is 26.2 Å². The zero-order valence-electron chi connectivity index (χ0n) is 15.2. The summed E-state index contributed by atoms with van der Waals surface area (Å²) in [4.78, 5) is 12.0. The van der Waals surface area contributed by atoms with Crippen LogP contribution in [0, 0.1) is 5.92 Å². The summed E-state index contributed by atoms with van der Waals surface area (Å²) in [6, 6.07) is 12.3. The second kappa shape index (κ2) is 8.81. The number of rotatable bonds is 7. The minimum absolute atomic E-state index is 0.710. The molecule has 5 nitrogen and oxygen atoms in total. The Kier molecular flexibility index (Phi) is 6.23. The second-order valence-electron chi connectivity index (χ2n) is 6.77. The molecule has 0 saturated carbocycles. The fourth-order valence-corrected chi connectivity index (χ4v) is 3.23. The van der Waals surface area contributed by atoms with Crippen molar-refractivity contribution in [3.8, 4) is 11.4 Å². The highest BCUT2D eigenvalue weighted by atomic mass is 16.5. The van der Waals surface area contributed by atoms with Crippen molar-refractivity contribution in [3.63, 3.8) is 0 Å². The average Bonchev–Trinajstić information content (AvgIpc) is 2.66. The lowest BCUT2D eigenvalue weighted by Crippen LogP contribution is -2.35. The largest absolute Gasteiger partial charge is 0.385 e. The Labute approximate surface area is 150 Å². The normalized spacial score (nSPS) is 17.5. The van der Waals surface area contributed by atoms with Gasteiger partial charge in [0, 0.05) is 45.0 Å². The van der Waals surface area contributed by atoms with E-state index in [1.165, 1.54) is 12.8 Å². The molecular weight excluding hydrogens is 312 g/mol. The lowest BCUT2D eigenvalue weighted by atomic mass is 10.0. The van der Waals surface area contributed by atoms with E-state index >= 15 is 0 Å². The van der Waals surface area contributed by atoms with Crippen LogP contribution in [-0.2, 0) is 4.74 Å². The van der Waals surface area contributed by atoms with Gasteiger partial charge in [-0.3, -0.25) is 0 Å². The van der Waals surface area contributed by atoms with Gasteiger partial charge in [0.05, 0.1) is 0 Å². The Bertz CT molecular complexity index is 662. The van der Waals surface area contributed by atoms with E-state index < -0.39 is 0 Å². The zero-order chi connectivity index (χ0) is 17.5. The molecule has 0 aliphatic carbocycles. The first-order valence-electron chi connectivity index (χ1n) is 9.18. The van der Waals surface area contributed by atoms with Crippen LogP contribution in [0.2, 0.25) is 0 Å². The lowest BCUT2D eigenvalue weighted by molar-refractivity contribution is 0.198. The molecule has 3 rings (SSSR count). The minimum atomic E-state index is 0.710. The molecule has 0 spiro atoms. The van der Waals surface area contributed by atoms with Gasteiger partial charge < -0.3 is 15.0 Å². The molecule has 1 aromatic carbocycles. The van der Waals surface area contributed by atoms with Crippen LogP contribution in [0.15, 0.2) is 36.4 Å². The summed E-state index contributed by atoms with van der Waals surface area (Å²) in [7, 11) is 1.73. The van der Waals surface area contributed by atoms with Crippen molar-refractivity contribution >= 4 is 11.6 Å². The monoisotopic (exact) mass is 340 g/mol. The summed E-state index contributed by atoms with van der Waals surface area (Å²) in [5.41, 5.74) is 1.05. The molecule has 5 heteroatoms. The number of nitrogens with zero attached hydrogens (tertiary/aromatic N) is 3. The maximum absolute atomic E-state index is 5.12. The van der Waals surface area contributed by atoms with Gasteiger partial charge in [0.2, 0.25) is 0 Å². The molecule has 134 valence electrons. The molecule has 1 N–H and O–H groups in total. The van der Waals surface area contributed by atoms with Crippen LogP contribution in [-0.4, -0.2) is 43.3 Å². The van der Waals surface area contributed by atoms with Crippen LogP contribution in [0.4, 0.5) is 11.6 Å². The highest BCUT2D eigenvalue weighted by Crippen LogP contribution is 2.26. The first-order chi connectivity index (χ1) is 12.3. The fourth-order valence-electron chi connectivity index (χ4n) is 3.23. The van der Waals surface area contributed by atoms with Crippen LogP contribution in [0.25, 0.3) is 11.4 Å². The molecule has 0 amide bonds. The number of aromatic nitrogens is 2. The Morgan fingerprint density at radius 2 is 2.08 bits per heavy atom. The molecule has 25 heavy (non-hydrogen) atoms. The summed E-state index contributed by atoms with van der Waals surface area (Å²) in [5, 5.41) is 3.42. The molecule has 1 saturated heterocycles. The van der Waals surface area contributed by atoms with Crippen LogP contribution >= 0.6 is 0 Å². The number of methoxy groups -OCH3 is 1. The number of benzene rings is 1. The maximum Gasteiger partial charge on any atom is 0.163 e. The van der Waals surface area contributed by atoms with E-state index in [4.69, 9.17) is 14.7 Å². The molecule has 1 aliphatic heterocycles. The van der Waals surface area contributed by atoms with Crippen molar-refractivity contribution in [1.82, 2.24) is 9.97 Å². The highest BCUT2D eigenvalue weighted by molar-refractivity contribution is 5.61. The Hall–Kier alpha value is -2.14. The first-order valence-corrected chi connectivity index (χ1v) is 9.18. The molecule has 2 heterocycles. The van der Waals surface area contributed by atoms with Crippen molar-refractivity contribution in [2.75, 3.05) is 43.6 Å². The van der Waals surface area contributed by atoms with Crippen LogP contribution < -0.4 is 10.2 Å². The quantitative estimate of drug-likeness (QED) is 0.776. The summed E-state index contributed by atoms with van der Waals surface area (Å²) < 4.78 is 5.12. The van der Waals surface area contributed by atoms with Gasteiger partial charge in [0.1, 0.15) is 11.6 Å². The summed E-state index contributed by atoms with van der Waals surface area (Å²) in [5.74, 6) is 3.40. The van der Waals surface area contributed by atoms with Crippen molar-refractivity contribution < 1.29 is 4.74 Å². The summed E-state index contributed by atoms with van der Waals surface area (Å²) >= 11 is 0. The fraction of sp³-hybridized carbons (Fsp3) is 0.500. The predicted molar refractivity (Wildman–Crippen MR) is 103 cm³/mol. The lowest BCUT2D eigenvalue weighted by Gasteiger charge is -2.32. The van der Waals surface area contributed by atoms with Gasteiger partial charge in [0.25, 0.3) is 0 Å². The van der Waals surface area contributed by atoms with Crippen LogP contribution in [0.3, 0.4) is 0 Å². The molecule has 1 aliphatic rings. The molecule has 1 atom stereocenters. The van der Waals surface area contributed by atoms with Crippen molar-refractivity contribution in [3.05, 3.63) is 36.4 Å². The summed E-state index contributed by atoms with van der Waals surface area (Å²) in [6.45, 7) is 6.04. The minimum Gasteiger partial charge on any atom is -0.385 e. The van der Waals surface area contributed by atoms with Crippen molar-refractivity contribution in [1.29, 1.82) is 0 Å². The third kappa shape index (κ3) is 4.92. The number of hydrogen-bond donors (Lipinski definition) is 1. The van der Waals surface area contributed by atoms with Crippen molar-refractivity contribution in [2.24, 2.45) is 5.92 Å². The van der Waals surface area contributed by atoms with E-state index in [1.807, 2.05) is 18.2 Å². The molecule has 2 aromatic rings. The third-order valence-corrected chi connectivity index (χ3v) is 4.56. The number of piperidine rings is 1. The summed E-state index contributed by atoms with van der Waals surface area (Å²) in [6.07, 6.45) is 3.48. The number of nitrogens with one attached hydrogen (secondary N) is 1. The Morgan fingerprint density at radius 3 is 2.84 bits per heavy atom. The average molecular weight is 340 g/mol. The smallest absolute Gasteiger partial charge is 0.163 e. The molecule has 1 aromatic heterocycles. The predicted octanol–water partition coefficient (Wildman–Crippen LogP) is 3.83. The van der Waals surface area contributed by atoms with Crippen LogP contribution in [0.5, 0.6) is 0 Å². The third-order valence-electron chi connectivity index (χ3n) is 4.56. The zero-order valence-corrected chi connectivity index (χ0v) is 15.2. The van der Waals surface area contributed by atoms with Gasteiger partial charge >= 0.3 is 0 Å². The topological polar surface area (TPSA) is 50.3 Å². The number of anilines is 2. The Morgan fingerprint density at radius 1 is 1.24 bits per heavy atom. The van der Waals surface area contributed by atoms with E-state index in [9.17, 15) is 0 Å². The number of ether oxygens (including phenoxy) is 1. The molecule has 1 fully saturated rings. The van der Waals surface area contributed by atoms with Crippen molar-refractivity contribution in [2.45, 2.75) is 26.2 Å². The van der Waals surface area contributed by atoms with E-state index in [0.29, 0.717) is 5.92 Å².